The third-order valence-electron chi connectivity index (χ3n) is 3.77. The minimum atomic E-state index is -0.280. The summed E-state index contributed by atoms with van der Waals surface area (Å²) in [6.45, 7) is 0.509. The molecule has 3 N–H and O–H groups in total. The zero-order chi connectivity index (χ0) is 15.3. The molecule has 0 saturated heterocycles. The van der Waals surface area contributed by atoms with Gasteiger partial charge < -0.3 is 19.8 Å². The molecule has 0 aliphatic heterocycles. The predicted molar refractivity (Wildman–Crippen MR) is 80.4 cm³/mol. The van der Waals surface area contributed by atoms with Crippen molar-refractivity contribution in [3.05, 3.63) is 54.4 Å². The third kappa shape index (κ3) is 1.81. The normalized spacial score (nSPS) is 11.5. The molecule has 0 atom stereocenters. The van der Waals surface area contributed by atoms with Crippen LogP contribution in [0.2, 0.25) is 0 Å². The molecule has 22 heavy (non-hydrogen) atoms. The summed E-state index contributed by atoms with van der Waals surface area (Å²) in [5, 5.41) is 21.6. The highest BCUT2D eigenvalue weighted by molar-refractivity contribution is 6.07. The molecule has 2 aromatic carbocycles. The SMILES string of the molecule is Oc1c2cn(Cc3ccc(F)cc3)cc2c(O)c2[nH]cnc12. The molecule has 0 amide bonds. The van der Waals surface area contributed by atoms with Gasteiger partial charge in [-0.15, -0.1) is 0 Å². The van der Waals surface area contributed by atoms with Crippen LogP contribution in [0.3, 0.4) is 0 Å². The van der Waals surface area contributed by atoms with Gasteiger partial charge >= 0.3 is 0 Å². The Hall–Kier alpha value is -3.02. The van der Waals surface area contributed by atoms with Crippen LogP contribution in [0.25, 0.3) is 21.8 Å². The van der Waals surface area contributed by atoms with Gasteiger partial charge in [0.1, 0.15) is 16.9 Å². The number of aromatic hydroxyl groups is 2. The Morgan fingerprint density at radius 3 is 2.45 bits per heavy atom. The van der Waals surface area contributed by atoms with Crippen LogP contribution in [-0.4, -0.2) is 24.7 Å². The van der Waals surface area contributed by atoms with Crippen molar-refractivity contribution in [1.82, 2.24) is 14.5 Å². The number of phenols is 2. The molecule has 5 nitrogen and oxygen atoms in total. The number of hydrogen-bond donors (Lipinski definition) is 3. The molecule has 0 spiro atoms. The predicted octanol–water partition coefficient (Wildman–Crippen LogP) is 3.12. The third-order valence-corrected chi connectivity index (χ3v) is 3.77. The lowest BCUT2D eigenvalue weighted by Gasteiger charge is -2.02. The van der Waals surface area contributed by atoms with Crippen molar-refractivity contribution >= 4 is 21.8 Å². The van der Waals surface area contributed by atoms with Gasteiger partial charge in [-0.2, -0.15) is 0 Å². The van der Waals surface area contributed by atoms with Gasteiger partial charge in [-0.3, -0.25) is 0 Å². The van der Waals surface area contributed by atoms with Gasteiger partial charge in [0.25, 0.3) is 0 Å². The smallest absolute Gasteiger partial charge is 0.153 e. The Labute approximate surface area is 124 Å². The largest absolute Gasteiger partial charge is 0.505 e. The number of benzene rings is 2. The van der Waals surface area contributed by atoms with Crippen molar-refractivity contribution < 1.29 is 14.6 Å². The molecule has 0 unspecified atom stereocenters. The highest BCUT2D eigenvalue weighted by Gasteiger charge is 2.16. The second-order valence-corrected chi connectivity index (χ2v) is 5.21. The van der Waals surface area contributed by atoms with E-state index in [-0.39, 0.29) is 17.3 Å². The molecule has 2 heterocycles. The van der Waals surface area contributed by atoms with Gasteiger partial charge in [0.2, 0.25) is 0 Å². The average molecular weight is 297 g/mol. The topological polar surface area (TPSA) is 74.1 Å². The molecule has 110 valence electrons. The fourth-order valence-corrected chi connectivity index (χ4v) is 2.69. The van der Waals surface area contributed by atoms with Crippen LogP contribution in [0.15, 0.2) is 43.0 Å². The number of rotatable bonds is 2. The summed E-state index contributed by atoms with van der Waals surface area (Å²) < 4.78 is 14.8. The van der Waals surface area contributed by atoms with E-state index in [0.29, 0.717) is 28.4 Å². The van der Waals surface area contributed by atoms with Crippen LogP contribution < -0.4 is 0 Å². The number of aromatic amines is 1. The van der Waals surface area contributed by atoms with Crippen molar-refractivity contribution in [2.45, 2.75) is 6.54 Å². The summed E-state index contributed by atoms with van der Waals surface area (Å²) in [6, 6.07) is 6.21. The van der Waals surface area contributed by atoms with Gasteiger partial charge in [0.05, 0.1) is 6.33 Å². The zero-order valence-electron chi connectivity index (χ0n) is 11.4. The van der Waals surface area contributed by atoms with E-state index in [1.807, 2.05) is 4.57 Å². The molecule has 4 rings (SSSR count). The first-order valence-corrected chi connectivity index (χ1v) is 6.74. The van der Waals surface area contributed by atoms with E-state index in [9.17, 15) is 14.6 Å². The van der Waals surface area contributed by atoms with Crippen molar-refractivity contribution in [2.75, 3.05) is 0 Å². The first-order valence-electron chi connectivity index (χ1n) is 6.74. The van der Waals surface area contributed by atoms with Crippen molar-refractivity contribution in [2.24, 2.45) is 0 Å². The molecule has 0 aliphatic rings. The van der Waals surface area contributed by atoms with Crippen molar-refractivity contribution in [3.63, 3.8) is 0 Å². The molecule has 0 bridgehead atoms. The van der Waals surface area contributed by atoms with Crippen LogP contribution in [0.4, 0.5) is 4.39 Å². The monoisotopic (exact) mass is 297 g/mol. The molecule has 2 aromatic heterocycles. The molecule has 0 radical (unpaired) electrons. The van der Waals surface area contributed by atoms with Crippen LogP contribution >= 0.6 is 0 Å². The zero-order valence-corrected chi connectivity index (χ0v) is 11.4. The van der Waals surface area contributed by atoms with Crippen LogP contribution in [0.5, 0.6) is 11.5 Å². The minimum Gasteiger partial charge on any atom is -0.505 e. The number of nitrogens with zero attached hydrogens (tertiary/aromatic N) is 2. The van der Waals surface area contributed by atoms with Crippen LogP contribution in [-0.2, 0) is 6.54 Å². The van der Waals surface area contributed by atoms with Gasteiger partial charge in [0.15, 0.2) is 11.5 Å². The lowest BCUT2D eigenvalue weighted by molar-refractivity contribution is 0.477. The standard InChI is InChI=1S/C16H12FN3O2/c17-10-3-1-9(2-4-10)5-20-6-11-12(7-20)16(22)14-13(15(11)21)18-8-19-14/h1-4,6-8,21-22H,5H2,(H,18,19). The maximum absolute atomic E-state index is 12.9. The lowest BCUT2D eigenvalue weighted by atomic mass is 10.1. The maximum atomic E-state index is 12.9. The summed E-state index contributed by atoms with van der Waals surface area (Å²) in [5.41, 5.74) is 1.67. The Bertz CT molecular complexity index is 932. The summed E-state index contributed by atoms with van der Waals surface area (Å²) in [6.07, 6.45) is 4.91. The van der Waals surface area contributed by atoms with E-state index in [0.717, 1.165) is 5.56 Å². The number of imidazole rings is 1. The van der Waals surface area contributed by atoms with Crippen molar-refractivity contribution in [3.8, 4) is 11.5 Å². The quantitative estimate of drug-likeness (QED) is 0.498. The summed E-state index contributed by atoms with van der Waals surface area (Å²) in [7, 11) is 0. The number of fused-ring (bicyclic) bond motifs is 2. The van der Waals surface area contributed by atoms with Crippen molar-refractivity contribution in [1.29, 1.82) is 0 Å². The van der Waals surface area contributed by atoms with Crippen LogP contribution in [0, 0.1) is 5.82 Å². The Morgan fingerprint density at radius 2 is 1.73 bits per heavy atom. The second-order valence-electron chi connectivity index (χ2n) is 5.21. The average Bonchev–Trinajstić information content (AvgIpc) is 3.14. The summed E-state index contributed by atoms with van der Waals surface area (Å²) >= 11 is 0. The van der Waals surface area contributed by atoms with E-state index in [2.05, 4.69) is 9.97 Å². The van der Waals surface area contributed by atoms with E-state index in [4.69, 9.17) is 0 Å². The number of halogens is 1. The van der Waals surface area contributed by atoms with E-state index in [1.165, 1.54) is 18.5 Å². The molecule has 0 saturated carbocycles. The first kappa shape index (κ1) is 12.7. The molecule has 0 fully saturated rings. The number of aromatic nitrogens is 3. The number of phenolic OH excluding ortho intramolecular Hbond substituents is 2. The Kier molecular flexibility index (Phi) is 2.59. The number of hydrogen-bond acceptors (Lipinski definition) is 3. The van der Waals surface area contributed by atoms with Gasteiger partial charge in [0, 0.05) is 29.7 Å². The fourth-order valence-electron chi connectivity index (χ4n) is 2.69. The molecule has 6 heteroatoms. The van der Waals surface area contributed by atoms with E-state index in [1.54, 1.807) is 24.5 Å². The molecule has 0 aliphatic carbocycles. The lowest BCUT2D eigenvalue weighted by Crippen LogP contribution is -1.95. The molecular formula is C16H12FN3O2. The van der Waals surface area contributed by atoms with Gasteiger partial charge in [-0.1, -0.05) is 12.1 Å². The fraction of sp³-hybridized carbons (Fsp3) is 0.0625. The van der Waals surface area contributed by atoms with Gasteiger partial charge in [-0.05, 0) is 17.7 Å². The highest BCUT2D eigenvalue weighted by Crippen LogP contribution is 2.40. The second kappa shape index (κ2) is 4.49. The molecule has 4 aromatic rings. The number of nitrogens with one attached hydrogen (secondary N) is 1. The summed E-state index contributed by atoms with van der Waals surface area (Å²) in [4.78, 5) is 6.83. The Morgan fingerprint density at radius 1 is 1.05 bits per heavy atom. The first-order chi connectivity index (χ1) is 10.6. The van der Waals surface area contributed by atoms with Gasteiger partial charge in [-0.25, -0.2) is 9.37 Å². The number of H-pyrrole nitrogens is 1. The minimum absolute atomic E-state index is 0.0295. The van der Waals surface area contributed by atoms with E-state index < -0.39 is 0 Å². The van der Waals surface area contributed by atoms with Crippen LogP contribution in [0.1, 0.15) is 5.56 Å². The van der Waals surface area contributed by atoms with E-state index >= 15 is 0 Å². The Balaban J connectivity index is 1.85. The highest BCUT2D eigenvalue weighted by atomic mass is 19.1. The molecular weight excluding hydrogens is 285 g/mol. The summed E-state index contributed by atoms with van der Waals surface area (Å²) in [5.74, 6) is -0.197. The maximum Gasteiger partial charge on any atom is 0.153 e.